The maximum absolute atomic E-state index is 11.4. The minimum absolute atomic E-state index is 0.150. The van der Waals surface area contributed by atoms with Crippen LogP contribution in [0.3, 0.4) is 0 Å². The average molecular weight is 329 g/mol. The van der Waals surface area contributed by atoms with Gasteiger partial charge in [-0.2, -0.15) is 0 Å². The molecule has 0 bridgehead atoms. The van der Waals surface area contributed by atoms with Crippen molar-refractivity contribution in [1.29, 1.82) is 0 Å². The molecule has 1 rings (SSSR count). The SMILES string of the molecule is [C-]#[N+]C[C@H]1O[C@H](OC)[C@H](OC(C)=O)[C@@H](OC(C)=O)[C@@H]1OC(C)=O. The second kappa shape index (κ2) is 8.45. The molecule has 9 nitrogen and oxygen atoms in total. The summed E-state index contributed by atoms with van der Waals surface area (Å²) in [4.78, 5) is 37.3. The topological polar surface area (TPSA) is 102 Å². The predicted molar refractivity (Wildman–Crippen MR) is 73.8 cm³/mol. The summed E-state index contributed by atoms with van der Waals surface area (Å²) in [6.45, 7) is 10.3. The molecule has 0 aromatic rings. The molecule has 0 radical (unpaired) electrons. The molecule has 9 heteroatoms. The highest BCUT2D eigenvalue weighted by Crippen LogP contribution is 2.29. The van der Waals surface area contributed by atoms with Crippen molar-refractivity contribution in [3.05, 3.63) is 11.4 Å². The van der Waals surface area contributed by atoms with Crippen LogP contribution in [0.1, 0.15) is 20.8 Å². The first kappa shape index (κ1) is 18.9. The van der Waals surface area contributed by atoms with Crippen molar-refractivity contribution >= 4 is 17.9 Å². The van der Waals surface area contributed by atoms with E-state index >= 15 is 0 Å². The minimum atomic E-state index is -1.15. The van der Waals surface area contributed by atoms with Crippen LogP contribution >= 0.6 is 0 Å². The van der Waals surface area contributed by atoms with Gasteiger partial charge in [0.15, 0.2) is 30.7 Å². The fourth-order valence-electron chi connectivity index (χ4n) is 2.28. The second-order valence-corrected chi connectivity index (χ2v) is 4.84. The molecule has 0 amide bonds. The molecule has 0 saturated carbocycles. The van der Waals surface area contributed by atoms with Crippen molar-refractivity contribution in [2.45, 2.75) is 51.5 Å². The van der Waals surface area contributed by atoms with Crippen molar-refractivity contribution in [2.24, 2.45) is 0 Å². The van der Waals surface area contributed by atoms with Crippen LogP contribution in [0.2, 0.25) is 0 Å². The number of hydrogen-bond acceptors (Lipinski definition) is 8. The molecule has 0 aromatic carbocycles. The monoisotopic (exact) mass is 329 g/mol. The smallest absolute Gasteiger partial charge is 0.303 e. The number of esters is 3. The maximum atomic E-state index is 11.4. The Kier molecular flexibility index (Phi) is 6.93. The summed E-state index contributed by atoms with van der Waals surface area (Å²) in [7, 11) is 1.31. The predicted octanol–water partition coefficient (Wildman–Crippen LogP) is 0.0721. The van der Waals surface area contributed by atoms with E-state index in [4.69, 9.17) is 30.3 Å². The lowest BCUT2D eigenvalue weighted by Crippen LogP contribution is -2.62. The summed E-state index contributed by atoms with van der Waals surface area (Å²) in [5, 5.41) is 0. The van der Waals surface area contributed by atoms with Crippen LogP contribution in [0.25, 0.3) is 4.85 Å². The van der Waals surface area contributed by atoms with Crippen LogP contribution in [-0.4, -0.2) is 62.3 Å². The molecule has 1 aliphatic rings. The van der Waals surface area contributed by atoms with Gasteiger partial charge in [-0.05, 0) is 0 Å². The van der Waals surface area contributed by atoms with Crippen LogP contribution < -0.4 is 0 Å². The first-order chi connectivity index (χ1) is 10.8. The maximum Gasteiger partial charge on any atom is 0.303 e. The van der Waals surface area contributed by atoms with Crippen molar-refractivity contribution in [2.75, 3.05) is 13.7 Å². The Balaban J connectivity index is 3.20. The average Bonchev–Trinajstić information content (AvgIpc) is 2.43. The Labute approximate surface area is 133 Å². The molecule has 128 valence electrons. The Morgan fingerprint density at radius 1 is 0.957 bits per heavy atom. The zero-order chi connectivity index (χ0) is 17.6. The van der Waals surface area contributed by atoms with E-state index in [-0.39, 0.29) is 6.54 Å². The molecule has 0 aliphatic carbocycles. The van der Waals surface area contributed by atoms with E-state index in [0.29, 0.717) is 0 Å². The summed E-state index contributed by atoms with van der Waals surface area (Å²) >= 11 is 0. The summed E-state index contributed by atoms with van der Waals surface area (Å²) in [5.74, 6) is -1.96. The lowest BCUT2D eigenvalue weighted by atomic mass is 9.98. The van der Waals surface area contributed by atoms with Gasteiger partial charge in [-0.1, -0.05) is 0 Å². The number of carbonyl (C=O) groups excluding carboxylic acids is 3. The van der Waals surface area contributed by atoms with E-state index in [2.05, 4.69) is 4.85 Å². The van der Waals surface area contributed by atoms with Crippen molar-refractivity contribution < 1.29 is 38.1 Å². The summed E-state index contributed by atoms with van der Waals surface area (Å²) in [6.07, 6.45) is -5.33. The molecular formula is C14H19NO8. The second-order valence-electron chi connectivity index (χ2n) is 4.84. The molecule has 1 aliphatic heterocycles. The van der Waals surface area contributed by atoms with Crippen LogP contribution in [0, 0.1) is 6.57 Å². The molecule has 5 atom stereocenters. The van der Waals surface area contributed by atoms with Gasteiger partial charge in [0.25, 0.3) is 0 Å². The molecule has 0 unspecified atom stereocenters. The molecular weight excluding hydrogens is 310 g/mol. The third-order valence-electron chi connectivity index (χ3n) is 3.00. The first-order valence-corrected chi connectivity index (χ1v) is 6.83. The third kappa shape index (κ3) is 5.19. The van der Waals surface area contributed by atoms with E-state index in [0.717, 1.165) is 6.92 Å². The molecule has 0 aromatic heterocycles. The van der Waals surface area contributed by atoms with Gasteiger partial charge in [0.1, 0.15) is 0 Å². The van der Waals surface area contributed by atoms with Gasteiger partial charge < -0.3 is 28.5 Å². The van der Waals surface area contributed by atoms with Gasteiger partial charge >= 0.3 is 17.9 Å². The van der Waals surface area contributed by atoms with E-state index in [1.165, 1.54) is 21.0 Å². The zero-order valence-corrected chi connectivity index (χ0v) is 13.3. The van der Waals surface area contributed by atoms with Crippen LogP contribution in [0.4, 0.5) is 0 Å². The number of rotatable bonds is 5. The Bertz CT molecular complexity index is 499. The zero-order valence-electron chi connectivity index (χ0n) is 13.3. The van der Waals surface area contributed by atoms with Gasteiger partial charge in [0, 0.05) is 27.9 Å². The van der Waals surface area contributed by atoms with Gasteiger partial charge in [0.05, 0.1) is 0 Å². The van der Waals surface area contributed by atoms with Gasteiger partial charge in [-0.3, -0.25) is 14.4 Å². The number of methoxy groups -OCH3 is 1. The Hall–Kier alpha value is -2.18. The lowest BCUT2D eigenvalue weighted by Gasteiger charge is -2.42. The van der Waals surface area contributed by atoms with Crippen molar-refractivity contribution in [3.8, 4) is 0 Å². The fourth-order valence-corrected chi connectivity index (χ4v) is 2.28. The fraction of sp³-hybridized carbons (Fsp3) is 0.714. The highest BCUT2D eigenvalue weighted by molar-refractivity contribution is 5.68. The largest absolute Gasteiger partial charge is 0.455 e. The standard InChI is InChI=1S/C14H19NO8/c1-7(16)20-11-10(6-15-4)23-14(19-5)13(22-9(3)18)12(11)21-8(2)17/h10-14H,6H2,1-3,5H3/t10-,11-,12+,13-,14+/m1/s1. The normalized spacial score (nSPS) is 30.0. The minimum Gasteiger partial charge on any atom is -0.455 e. The third-order valence-corrected chi connectivity index (χ3v) is 3.00. The molecule has 23 heavy (non-hydrogen) atoms. The Morgan fingerprint density at radius 2 is 1.43 bits per heavy atom. The first-order valence-electron chi connectivity index (χ1n) is 6.83. The van der Waals surface area contributed by atoms with Crippen molar-refractivity contribution in [1.82, 2.24) is 0 Å². The number of carbonyl (C=O) groups is 3. The lowest BCUT2D eigenvalue weighted by molar-refractivity contribution is -0.295. The molecule has 0 spiro atoms. The van der Waals surface area contributed by atoms with Crippen LogP contribution in [0.15, 0.2) is 0 Å². The molecule has 1 heterocycles. The summed E-state index contributed by atoms with van der Waals surface area (Å²) < 4.78 is 26.1. The van der Waals surface area contributed by atoms with Gasteiger partial charge in [0.2, 0.25) is 6.54 Å². The number of hydrogen-bond donors (Lipinski definition) is 0. The number of nitrogens with zero attached hydrogens (tertiary/aromatic N) is 1. The van der Waals surface area contributed by atoms with Gasteiger partial charge in [-0.25, -0.2) is 6.57 Å². The highest BCUT2D eigenvalue weighted by Gasteiger charge is 2.53. The van der Waals surface area contributed by atoms with E-state index in [1.807, 2.05) is 0 Å². The van der Waals surface area contributed by atoms with Gasteiger partial charge in [-0.15, -0.1) is 0 Å². The Morgan fingerprint density at radius 3 is 1.87 bits per heavy atom. The van der Waals surface area contributed by atoms with E-state index in [9.17, 15) is 14.4 Å². The summed E-state index contributed by atoms with van der Waals surface area (Å²) in [5.41, 5.74) is 0. The summed E-state index contributed by atoms with van der Waals surface area (Å²) in [6, 6.07) is 0. The molecule has 0 N–H and O–H groups in total. The van der Waals surface area contributed by atoms with E-state index < -0.39 is 48.6 Å². The highest BCUT2D eigenvalue weighted by atomic mass is 16.7. The van der Waals surface area contributed by atoms with E-state index in [1.54, 1.807) is 0 Å². The quantitative estimate of drug-likeness (QED) is 0.397. The number of ether oxygens (including phenoxy) is 5. The van der Waals surface area contributed by atoms with Crippen LogP contribution in [0.5, 0.6) is 0 Å². The molecule has 1 saturated heterocycles. The van der Waals surface area contributed by atoms with Crippen molar-refractivity contribution in [3.63, 3.8) is 0 Å². The molecule has 1 fully saturated rings. The van der Waals surface area contributed by atoms with Crippen LogP contribution in [-0.2, 0) is 38.1 Å².